The van der Waals surface area contributed by atoms with Gasteiger partial charge in [-0.15, -0.1) is 10.2 Å². The molecule has 1 heterocycles. The van der Waals surface area contributed by atoms with Crippen molar-refractivity contribution in [3.63, 3.8) is 0 Å². The van der Waals surface area contributed by atoms with Crippen molar-refractivity contribution in [1.29, 1.82) is 0 Å². The van der Waals surface area contributed by atoms with Crippen LogP contribution in [-0.4, -0.2) is 47.7 Å². The first kappa shape index (κ1) is 22.4. The number of para-hydroxylation sites is 1. The van der Waals surface area contributed by atoms with Gasteiger partial charge in [0.2, 0.25) is 5.91 Å². The van der Waals surface area contributed by atoms with Gasteiger partial charge in [0.25, 0.3) is 0 Å². The maximum absolute atomic E-state index is 12.8. The van der Waals surface area contributed by atoms with Crippen LogP contribution in [0.4, 0.5) is 5.69 Å². The number of ether oxygens (including phenoxy) is 2. The lowest BCUT2D eigenvalue weighted by Gasteiger charge is -2.17. The Balaban J connectivity index is 1.68. The van der Waals surface area contributed by atoms with Crippen molar-refractivity contribution < 1.29 is 14.3 Å². The summed E-state index contributed by atoms with van der Waals surface area (Å²) in [6, 6.07) is 25.0. The number of nitrogens with zero attached hydrogens (tertiary/aromatic N) is 4. The normalized spacial score (nSPS) is 10.6. The average Bonchev–Trinajstić information content (AvgIpc) is 3.31. The van der Waals surface area contributed by atoms with E-state index >= 15 is 0 Å². The highest BCUT2D eigenvalue weighted by Crippen LogP contribution is 2.33. The summed E-state index contributed by atoms with van der Waals surface area (Å²) in [5, 5.41) is 9.45. The standard InChI is InChI=1S/C25H24N4O3S/c1-28(19-12-8-5-9-13-19)23(30)17-33-25-27-26-24(18-10-6-4-7-11-18)29(25)20-14-15-21(31-2)22(16-20)32-3/h4-16H,17H2,1-3H3. The summed E-state index contributed by atoms with van der Waals surface area (Å²) in [6.07, 6.45) is 0. The highest BCUT2D eigenvalue weighted by Gasteiger charge is 2.20. The molecule has 0 aliphatic heterocycles. The van der Waals surface area contributed by atoms with E-state index in [1.807, 2.05) is 83.4 Å². The zero-order valence-electron chi connectivity index (χ0n) is 18.6. The van der Waals surface area contributed by atoms with Crippen molar-refractivity contribution in [3.05, 3.63) is 78.9 Å². The van der Waals surface area contributed by atoms with Gasteiger partial charge in [-0.05, 0) is 24.3 Å². The lowest BCUT2D eigenvalue weighted by Crippen LogP contribution is -2.27. The quantitative estimate of drug-likeness (QED) is 0.355. The molecule has 0 radical (unpaired) electrons. The molecule has 33 heavy (non-hydrogen) atoms. The molecule has 4 aromatic rings. The first-order valence-corrected chi connectivity index (χ1v) is 11.3. The lowest BCUT2D eigenvalue weighted by atomic mass is 10.2. The van der Waals surface area contributed by atoms with Gasteiger partial charge >= 0.3 is 0 Å². The number of carbonyl (C=O) groups excluding carboxylic acids is 1. The molecule has 0 saturated heterocycles. The van der Waals surface area contributed by atoms with Crippen LogP contribution in [0.25, 0.3) is 17.1 Å². The van der Waals surface area contributed by atoms with Crippen LogP contribution in [-0.2, 0) is 4.79 Å². The fourth-order valence-corrected chi connectivity index (χ4v) is 4.22. The van der Waals surface area contributed by atoms with Crippen molar-refractivity contribution in [3.8, 4) is 28.6 Å². The Bertz CT molecular complexity index is 1230. The number of carbonyl (C=O) groups is 1. The van der Waals surface area contributed by atoms with E-state index in [1.54, 1.807) is 26.2 Å². The Kier molecular flexibility index (Phi) is 6.95. The molecule has 168 valence electrons. The minimum atomic E-state index is -0.0330. The molecule has 0 fully saturated rings. The fraction of sp³-hybridized carbons (Fsp3) is 0.160. The second-order valence-corrected chi connectivity index (χ2v) is 8.07. The monoisotopic (exact) mass is 460 g/mol. The molecule has 0 aliphatic rings. The van der Waals surface area contributed by atoms with Gasteiger partial charge in [0.1, 0.15) is 0 Å². The number of methoxy groups -OCH3 is 2. The van der Waals surface area contributed by atoms with Crippen LogP contribution in [0.2, 0.25) is 0 Å². The maximum Gasteiger partial charge on any atom is 0.237 e. The summed E-state index contributed by atoms with van der Waals surface area (Å²) in [4.78, 5) is 14.5. The number of amides is 1. The molecule has 0 aliphatic carbocycles. The van der Waals surface area contributed by atoms with Gasteiger partial charge in [-0.2, -0.15) is 0 Å². The van der Waals surface area contributed by atoms with E-state index in [4.69, 9.17) is 9.47 Å². The molecule has 8 heteroatoms. The highest BCUT2D eigenvalue weighted by atomic mass is 32.2. The van der Waals surface area contributed by atoms with Gasteiger partial charge in [-0.25, -0.2) is 0 Å². The molecule has 0 bridgehead atoms. The van der Waals surface area contributed by atoms with Crippen molar-refractivity contribution in [2.45, 2.75) is 5.16 Å². The Labute approximate surface area is 197 Å². The van der Waals surface area contributed by atoms with E-state index in [0.29, 0.717) is 22.5 Å². The number of hydrogen-bond acceptors (Lipinski definition) is 6. The van der Waals surface area contributed by atoms with Crippen molar-refractivity contribution in [2.75, 3.05) is 31.9 Å². The van der Waals surface area contributed by atoms with E-state index < -0.39 is 0 Å². The smallest absolute Gasteiger partial charge is 0.237 e. The number of benzene rings is 3. The van der Waals surface area contributed by atoms with Gasteiger partial charge in [0.15, 0.2) is 22.5 Å². The molecule has 7 nitrogen and oxygen atoms in total. The van der Waals surface area contributed by atoms with Gasteiger partial charge in [-0.3, -0.25) is 9.36 Å². The topological polar surface area (TPSA) is 69.5 Å². The van der Waals surface area contributed by atoms with E-state index in [0.717, 1.165) is 16.9 Å². The summed E-state index contributed by atoms with van der Waals surface area (Å²) in [7, 11) is 4.97. The third-order valence-electron chi connectivity index (χ3n) is 5.13. The molecule has 0 unspecified atom stereocenters. The lowest BCUT2D eigenvalue weighted by molar-refractivity contribution is -0.115. The minimum Gasteiger partial charge on any atom is -0.493 e. The van der Waals surface area contributed by atoms with E-state index in [2.05, 4.69) is 10.2 Å². The molecular weight excluding hydrogens is 436 g/mol. The Hall–Kier alpha value is -3.78. The SMILES string of the molecule is COc1ccc(-n2c(SCC(=O)N(C)c3ccccc3)nnc2-c2ccccc2)cc1OC. The Morgan fingerprint density at radius 1 is 0.909 bits per heavy atom. The largest absolute Gasteiger partial charge is 0.493 e. The second-order valence-electron chi connectivity index (χ2n) is 7.12. The third kappa shape index (κ3) is 4.85. The third-order valence-corrected chi connectivity index (χ3v) is 6.05. The first-order valence-electron chi connectivity index (χ1n) is 10.3. The van der Waals surface area contributed by atoms with E-state index in [9.17, 15) is 4.79 Å². The molecular formula is C25H24N4O3S. The van der Waals surface area contributed by atoms with E-state index in [1.165, 1.54) is 11.8 Å². The second kappa shape index (κ2) is 10.2. The van der Waals surface area contributed by atoms with Crippen LogP contribution in [0.5, 0.6) is 11.5 Å². The van der Waals surface area contributed by atoms with E-state index in [-0.39, 0.29) is 11.7 Å². The fourth-order valence-electron chi connectivity index (χ4n) is 3.35. The molecule has 0 spiro atoms. The average molecular weight is 461 g/mol. The molecule has 0 N–H and O–H groups in total. The summed E-state index contributed by atoms with van der Waals surface area (Å²) < 4.78 is 12.8. The van der Waals surface area contributed by atoms with Crippen LogP contribution < -0.4 is 14.4 Å². The summed E-state index contributed by atoms with van der Waals surface area (Å²) in [6.45, 7) is 0. The number of aromatic nitrogens is 3. The zero-order valence-corrected chi connectivity index (χ0v) is 19.5. The number of hydrogen-bond donors (Lipinski definition) is 0. The predicted octanol–water partition coefficient (Wildman–Crippen LogP) is 4.71. The summed E-state index contributed by atoms with van der Waals surface area (Å²) >= 11 is 1.34. The van der Waals surface area contributed by atoms with Crippen molar-refractivity contribution in [1.82, 2.24) is 14.8 Å². The van der Waals surface area contributed by atoms with Gasteiger partial charge < -0.3 is 14.4 Å². The number of anilines is 1. The molecule has 0 saturated carbocycles. The van der Waals surface area contributed by atoms with Crippen molar-refractivity contribution >= 4 is 23.4 Å². The van der Waals surface area contributed by atoms with Crippen LogP contribution in [0, 0.1) is 0 Å². The van der Waals surface area contributed by atoms with Gasteiger partial charge in [0, 0.05) is 24.4 Å². The predicted molar refractivity (Wildman–Crippen MR) is 130 cm³/mol. The maximum atomic E-state index is 12.8. The summed E-state index contributed by atoms with van der Waals surface area (Å²) in [5.74, 6) is 2.08. The van der Waals surface area contributed by atoms with Gasteiger partial charge in [0.05, 0.1) is 25.7 Å². The van der Waals surface area contributed by atoms with Crippen LogP contribution in [0.15, 0.2) is 84.0 Å². The number of thioether (sulfide) groups is 1. The van der Waals surface area contributed by atoms with Gasteiger partial charge in [-0.1, -0.05) is 60.3 Å². The Morgan fingerprint density at radius 2 is 1.58 bits per heavy atom. The zero-order chi connectivity index (χ0) is 23.2. The first-order chi connectivity index (χ1) is 16.1. The minimum absolute atomic E-state index is 0.0330. The van der Waals surface area contributed by atoms with Crippen molar-refractivity contribution in [2.24, 2.45) is 0 Å². The Morgan fingerprint density at radius 3 is 2.24 bits per heavy atom. The van der Waals surface area contributed by atoms with Crippen LogP contribution in [0.1, 0.15) is 0 Å². The molecule has 4 rings (SSSR count). The number of rotatable bonds is 8. The highest BCUT2D eigenvalue weighted by molar-refractivity contribution is 7.99. The molecule has 1 amide bonds. The van der Waals surface area contributed by atoms with Crippen LogP contribution >= 0.6 is 11.8 Å². The molecule has 1 aromatic heterocycles. The summed E-state index contributed by atoms with van der Waals surface area (Å²) in [5.41, 5.74) is 2.57. The molecule has 3 aromatic carbocycles. The molecule has 0 atom stereocenters. The van der Waals surface area contributed by atoms with Crippen LogP contribution in [0.3, 0.4) is 0 Å².